The van der Waals surface area contributed by atoms with Gasteiger partial charge in [0.15, 0.2) is 5.96 Å². The Balaban J connectivity index is 0.00000300. The van der Waals surface area contributed by atoms with E-state index in [2.05, 4.69) is 50.6 Å². The van der Waals surface area contributed by atoms with E-state index in [0.717, 1.165) is 41.7 Å². The number of aryl methyl sites for hydroxylation is 1. The number of ether oxygens (including phenoxy) is 1. The van der Waals surface area contributed by atoms with Crippen LogP contribution in [-0.2, 0) is 6.54 Å². The number of nitrogens with zero attached hydrogens (tertiary/aromatic N) is 3. The van der Waals surface area contributed by atoms with Crippen LogP contribution in [0.2, 0.25) is 0 Å². The van der Waals surface area contributed by atoms with E-state index in [0.29, 0.717) is 13.1 Å². The molecule has 0 amide bonds. The lowest BCUT2D eigenvalue weighted by molar-refractivity contribution is 0.222. The third kappa shape index (κ3) is 7.06. The van der Waals surface area contributed by atoms with Crippen molar-refractivity contribution in [2.45, 2.75) is 39.3 Å². The fourth-order valence-corrected chi connectivity index (χ4v) is 3.25. The van der Waals surface area contributed by atoms with Crippen LogP contribution in [0.4, 0.5) is 5.82 Å². The molecule has 2 aromatic rings. The van der Waals surface area contributed by atoms with Crippen molar-refractivity contribution in [1.29, 1.82) is 0 Å². The van der Waals surface area contributed by atoms with Crippen LogP contribution in [0, 0.1) is 6.92 Å². The highest BCUT2D eigenvalue weighted by atomic mass is 127. The Morgan fingerprint density at radius 2 is 1.93 bits per heavy atom. The second-order valence-corrected chi connectivity index (χ2v) is 7.22. The smallest absolute Gasteiger partial charge is 0.191 e. The van der Waals surface area contributed by atoms with Gasteiger partial charge in [0.05, 0.1) is 6.54 Å². The van der Waals surface area contributed by atoms with E-state index in [-0.39, 0.29) is 30.1 Å². The minimum atomic E-state index is 0. The molecule has 1 aliphatic rings. The van der Waals surface area contributed by atoms with Crippen molar-refractivity contribution in [3.05, 3.63) is 53.7 Å². The summed E-state index contributed by atoms with van der Waals surface area (Å²) in [5.74, 6) is 2.75. The van der Waals surface area contributed by atoms with Crippen LogP contribution in [-0.4, -0.2) is 43.7 Å². The molecule has 1 fully saturated rings. The fourth-order valence-electron chi connectivity index (χ4n) is 3.25. The molecule has 0 radical (unpaired) electrons. The Morgan fingerprint density at radius 1 is 1.17 bits per heavy atom. The zero-order valence-corrected chi connectivity index (χ0v) is 19.8. The van der Waals surface area contributed by atoms with E-state index in [1.54, 1.807) is 7.05 Å². The highest BCUT2D eigenvalue weighted by Gasteiger charge is 2.13. The molecule has 7 heteroatoms. The van der Waals surface area contributed by atoms with E-state index in [1.807, 2.05) is 31.3 Å². The van der Waals surface area contributed by atoms with Crippen molar-refractivity contribution in [3.63, 3.8) is 0 Å². The molecule has 0 aliphatic carbocycles. The summed E-state index contributed by atoms with van der Waals surface area (Å²) >= 11 is 0. The van der Waals surface area contributed by atoms with E-state index in [9.17, 15) is 0 Å². The van der Waals surface area contributed by atoms with Crippen molar-refractivity contribution in [1.82, 2.24) is 15.6 Å². The standard InChI is InChI=1S/C22H31N5O.HI/c1-17-8-4-5-9-20(17)28-18(2)14-25-22(23-3)26-16-19-10-11-21(24-15-19)27-12-6-7-13-27;/h4-5,8-11,15,18H,6-7,12-14,16H2,1-3H3,(H2,23,25,26);1H. The number of anilines is 1. The van der Waals surface area contributed by atoms with Crippen molar-refractivity contribution in [2.24, 2.45) is 4.99 Å². The average Bonchev–Trinajstić information content (AvgIpc) is 3.25. The fraction of sp³-hybridized carbons (Fsp3) is 0.455. The lowest BCUT2D eigenvalue weighted by Gasteiger charge is -2.19. The maximum absolute atomic E-state index is 6.00. The number of guanidine groups is 1. The minimum absolute atomic E-state index is 0. The lowest BCUT2D eigenvalue weighted by atomic mass is 10.2. The van der Waals surface area contributed by atoms with Gasteiger partial charge >= 0.3 is 0 Å². The monoisotopic (exact) mass is 509 g/mol. The largest absolute Gasteiger partial charge is 0.489 e. The number of aliphatic imine (C=N–C) groups is 1. The third-order valence-electron chi connectivity index (χ3n) is 4.90. The molecule has 2 heterocycles. The quantitative estimate of drug-likeness (QED) is 0.339. The Hall–Kier alpha value is -2.03. The van der Waals surface area contributed by atoms with Gasteiger partial charge in [0.1, 0.15) is 17.7 Å². The molecule has 1 unspecified atom stereocenters. The van der Waals surface area contributed by atoms with Gasteiger partial charge in [0.25, 0.3) is 0 Å². The average molecular weight is 509 g/mol. The first kappa shape index (κ1) is 23.3. The van der Waals surface area contributed by atoms with Crippen LogP contribution < -0.4 is 20.3 Å². The first-order valence-electron chi connectivity index (χ1n) is 10.0. The number of hydrogen-bond acceptors (Lipinski definition) is 4. The molecular formula is C22H32IN5O. The van der Waals surface area contributed by atoms with E-state index < -0.39 is 0 Å². The van der Waals surface area contributed by atoms with Crippen LogP contribution in [0.1, 0.15) is 30.9 Å². The number of aromatic nitrogens is 1. The van der Waals surface area contributed by atoms with Crippen LogP contribution in [0.3, 0.4) is 0 Å². The second kappa shape index (κ2) is 11.8. The molecule has 1 aliphatic heterocycles. The summed E-state index contributed by atoms with van der Waals surface area (Å²) in [6.07, 6.45) is 4.50. The minimum Gasteiger partial charge on any atom is -0.489 e. The first-order valence-corrected chi connectivity index (χ1v) is 10.0. The number of nitrogens with one attached hydrogen (secondary N) is 2. The molecule has 1 aromatic carbocycles. The van der Waals surface area contributed by atoms with Crippen LogP contribution in [0.5, 0.6) is 5.75 Å². The molecule has 0 spiro atoms. The maximum Gasteiger partial charge on any atom is 0.191 e. The summed E-state index contributed by atoms with van der Waals surface area (Å²) < 4.78 is 6.00. The van der Waals surface area contributed by atoms with Gasteiger partial charge in [0, 0.05) is 32.9 Å². The number of rotatable bonds is 7. The predicted octanol–water partition coefficient (Wildman–Crippen LogP) is 3.74. The van der Waals surface area contributed by atoms with Crippen LogP contribution in [0.25, 0.3) is 0 Å². The Labute approximate surface area is 191 Å². The van der Waals surface area contributed by atoms with Crippen molar-refractivity contribution in [3.8, 4) is 5.75 Å². The Kier molecular flexibility index (Phi) is 9.50. The first-order chi connectivity index (χ1) is 13.7. The van der Waals surface area contributed by atoms with E-state index >= 15 is 0 Å². The Bertz CT molecular complexity index is 775. The molecule has 1 atom stereocenters. The molecule has 6 nitrogen and oxygen atoms in total. The van der Waals surface area contributed by atoms with Crippen LogP contribution in [0.15, 0.2) is 47.6 Å². The van der Waals surface area contributed by atoms with Gasteiger partial charge in [-0.25, -0.2) is 4.98 Å². The van der Waals surface area contributed by atoms with Crippen molar-refractivity contribution < 1.29 is 4.74 Å². The van der Waals surface area contributed by atoms with Gasteiger partial charge in [-0.1, -0.05) is 24.3 Å². The van der Waals surface area contributed by atoms with Gasteiger partial charge < -0.3 is 20.3 Å². The highest BCUT2D eigenvalue weighted by Crippen LogP contribution is 2.18. The summed E-state index contributed by atoms with van der Waals surface area (Å²) in [6, 6.07) is 12.3. The molecular weight excluding hydrogens is 477 g/mol. The number of pyridine rings is 1. The van der Waals surface area contributed by atoms with Gasteiger partial charge in [-0.3, -0.25) is 4.99 Å². The number of halogens is 1. The van der Waals surface area contributed by atoms with E-state index in [4.69, 9.17) is 4.74 Å². The number of para-hydroxylation sites is 1. The summed E-state index contributed by atoms with van der Waals surface area (Å²) in [6.45, 7) is 7.68. The molecule has 29 heavy (non-hydrogen) atoms. The molecule has 3 rings (SSSR count). The normalized spacial score (nSPS) is 14.9. The highest BCUT2D eigenvalue weighted by molar-refractivity contribution is 14.0. The van der Waals surface area contributed by atoms with Crippen molar-refractivity contribution in [2.75, 3.05) is 31.6 Å². The molecule has 158 valence electrons. The van der Waals surface area contributed by atoms with Crippen molar-refractivity contribution >= 4 is 35.8 Å². The summed E-state index contributed by atoms with van der Waals surface area (Å²) in [5.41, 5.74) is 2.27. The molecule has 2 N–H and O–H groups in total. The lowest BCUT2D eigenvalue weighted by Crippen LogP contribution is -2.41. The summed E-state index contributed by atoms with van der Waals surface area (Å²) in [5, 5.41) is 6.66. The van der Waals surface area contributed by atoms with Gasteiger partial charge in [-0.2, -0.15) is 0 Å². The third-order valence-corrected chi connectivity index (χ3v) is 4.90. The maximum atomic E-state index is 6.00. The van der Waals surface area contributed by atoms with Gasteiger partial charge in [-0.15, -0.1) is 24.0 Å². The molecule has 0 saturated carbocycles. The number of benzene rings is 1. The van der Waals surface area contributed by atoms with E-state index in [1.165, 1.54) is 12.8 Å². The van der Waals surface area contributed by atoms with Gasteiger partial charge in [0.2, 0.25) is 0 Å². The number of hydrogen-bond donors (Lipinski definition) is 2. The van der Waals surface area contributed by atoms with Gasteiger partial charge in [-0.05, 0) is 49.9 Å². The zero-order chi connectivity index (χ0) is 19.8. The molecule has 1 aromatic heterocycles. The molecule has 1 saturated heterocycles. The summed E-state index contributed by atoms with van der Waals surface area (Å²) in [4.78, 5) is 11.2. The summed E-state index contributed by atoms with van der Waals surface area (Å²) in [7, 11) is 1.77. The Morgan fingerprint density at radius 3 is 2.59 bits per heavy atom. The second-order valence-electron chi connectivity index (χ2n) is 7.22. The zero-order valence-electron chi connectivity index (χ0n) is 17.5. The predicted molar refractivity (Wildman–Crippen MR) is 131 cm³/mol. The SMILES string of the molecule is CN=C(NCc1ccc(N2CCCC2)nc1)NCC(C)Oc1ccccc1C.I. The molecule has 0 bridgehead atoms. The topological polar surface area (TPSA) is 61.8 Å². The van der Waals surface area contributed by atoms with Crippen LogP contribution >= 0.6 is 24.0 Å².